The molecule has 0 aromatic heterocycles. The van der Waals surface area contributed by atoms with E-state index in [0.29, 0.717) is 6.04 Å². The Bertz CT molecular complexity index is 288. The molecule has 5 heteroatoms. The average Bonchev–Trinajstić information content (AvgIpc) is 2.36. The van der Waals surface area contributed by atoms with E-state index < -0.39 is 0 Å². The number of carbonyl (C=O) groups is 2. The number of hydrogen-bond donors (Lipinski definition) is 0. The van der Waals surface area contributed by atoms with Crippen LogP contribution in [-0.2, 0) is 9.59 Å². The lowest BCUT2D eigenvalue weighted by atomic mass is 10.0. The van der Waals surface area contributed by atoms with Gasteiger partial charge in [0.15, 0.2) is 0 Å². The van der Waals surface area contributed by atoms with Crippen LogP contribution in [0.2, 0.25) is 0 Å². The molecule has 1 fully saturated rings. The molecule has 4 nitrogen and oxygen atoms in total. The minimum Gasteiger partial charge on any atom is -0.343 e. The molecule has 98 valence electrons. The van der Waals surface area contributed by atoms with E-state index in [2.05, 4.69) is 0 Å². The van der Waals surface area contributed by atoms with Crippen molar-refractivity contribution in [1.82, 2.24) is 9.80 Å². The third-order valence-electron chi connectivity index (χ3n) is 3.52. The highest BCUT2D eigenvalue weighted by Gasteiger charge is 2.27. The molecule has 0 bridgehead atoms. The average molecular weight is 258 g/mol. The minimum absolute atomic E-state index is 0.0390. The first-order valence-electron chi connectivity index (χ1n) is 6.02. The van der Waals surface area contributed by atoms with Crippen molar-refractivity contribution in [2.75, 3.05) is 26.4 Å². The zero-order chi connectivity index (χ0) is 13.0. The summed E-state index contributed by atoms with van der Waals surface area (Å²) in [5.41, 5.74) is 0. The Hall–Kier alpha value is -0.710. The number of rotatable bonds is 3. The molecule has 1 aliphatic heterocycles. The fourth-order valence-electron chi connectivity index (χ4n) is 2.09. The van der Waals surface area contributed by atoms with Gasteiger partial charge in [-0.05, 0) is 26.0 Å². The molecule has 0 aliphatic carbocycles. The van der Waals surface area contributed by atoms with Gasteiger partial charge in [0.25, 0.3) is 0 Å². The van der Waals surface area contributed by atoms with Gasteiger partial charge in [-0.15, -0.1) is 0 Å². The van der Waals surface area contributed by atoms with Gasteiger partial charge in [0, 0.05) is 33.1 Å². The second-order valence-corrected chi connectivity index (χ2v) is 5.74. The van der Waals surface area contributed by atoms with Crippen molar-refractivity contribution in [2.45, 2.75) is 38.0 Å². The molecule has 2 amide bonds. The number of carbonyl (C=O) groups excluding carboxylic acids is 2. The number of hydrogen-bond acceptors (Lipinski definition) is 3. The van der Waals surface area contributed by atoms with E-state index >= 15 is 0 Å². The van der Waals surface area contributed by atoms with Gasteiger partial charge in [-0.2, -0.15) is 11.8 Å². The van der Waals surface area contributed by atoms with Gasteiger partial charge in [0.2, 0.25) is 11.8 Å². The van der Waals surface area contributed by atoms with Gasteiger partial charge in [-0.25, -0.2) is 0 Å². The third-order valence-corrected chi connectivity index (χ3v) is 4.43. The highest BCUT2D eigenvalue weighted by atomic mass is 32.2. The molecule has 1 aliphatic rings. The Balaban J connectivity index is 2.45. The van der Waals surface area contributed by atoms with Crippen LogP contribution in [0.4, 0.5) is 0 Å². The summed E-state index contributed by atoms with van der Waals surface area (Å²) in [5, 5.41) is 0.0390. The summed E-state index contributed by atoms with van der Waals surface area (Å²) in [5.74, 6) is 0.327. The van der Waals surface area contributed by atoms with E-state index in [1.807, 2.05) is 25.1 Å². The minimum atomic E-state index is 0.0390. The second-order valence-electron chi connectivity index (χ2n) is 4.56. The number of likely N-dealkylation sites (tertiary alicyclic amines) is 1. The molecular formula is C12H22N2O2S. The Morgan fingerprint density at radius 1 is 1.35 bits per heavy atom. The number of amides is 2. The molecule has 1 heterocycles. The van der Waals surface area contributed by atoms with Gasteiger partial charge in [-0.1, -0.05) is 0 Å². The summed E-state index contributed by atoms with van der Waals surface area (Å²) in [4.78, 5) is 26.9. The number of piperidine rings is 1. The molecule has 1 atom stereocenters. The first kappa shape index (κ1) is 14.4. The van der Waals surface area contributed by atoms with Gasteiger partial charge in [0.1, 0.15) is 0 Å². The summed E-state index contributed by atoms with van der Waals surface area (Å²) in [6.07, 6.45) is 3.74. The molecular weight excluding hydrogens is 236 g/mol. The fraction of sp³-hybridized carbons (Fsp3) is 0.833. The Kier molecular flexibility index (Phi) is 5.31. The summed E-state index contributed by atoms with van der Waals surface area (Å²) in [6, 6.07) is 0.293. The molecule has 0 N–H and O–H groups in total. The predicted octanol–water partition coefficient (Wildman–Crippen LogP) is 1.21. The number of thioether (sulfide) groups is 1. The first-order chi connectivity index (χ1) is 7.97. The molecule has 1 saturated heterocycles. The Labute approximate surface area is 108 Å². The summed E-state index contributed by atoms with van der Waals surface area (Å²) >= 11 is 1.58. The molecule has 1 unspecified atom stereocenters. The van der Waals surface area contributed by atoms with Crippen LogP contribution in [0.25, 0.3) is 0 Å². The molecule has 1 rings (SSSR count). The molecule has 0 aromatic rings. The van der Waals surface area contributed by atoms with E-state index in [4.69, 9.17) is 0 Å². The lowest BCUT2D eigenvalue weighted by Crippen LogP contribution is -2.48. The quantitative estimate of drug-likeness (QED) is 0.764. The van der Waals surface area contributed by atoms with Crippen LogP contribution < -0.4 is 0 Å². The molecule has 0 saturated carbocycles. The van der Waals surface area contributed by atoms with Crippen LogP contribution in [0.5, 0.6) is 0 Å². The van der Waals surface area contributed by atoms with E-state index in [0.717, 1.165) is 25.9 Å². The van der Waals surface area contributed by atoms with Crippen LogP contribution in [0.3, 0.4) is 0 Å². The lowest BCUT2D eigenvalue weighted by molar-refractivity contribution is -0.133. The predicted molar refractivity (Wildman–Crippen MR) is 71.0 cm³/mol. The molecule has 0 aromatic carbocycles. The maximum absolute atomic E-state index is 12.0. The van der Waals surface area contributed by atoms with Crippen LogP contribution in [0, 0.1) is 0 Å². The smallest absolute Gasteiger partial charge is 0.235 e. The largest absolute Gasteiger partial charge is 0.343 e. The van der Waals surface area contributed by atoms with Crippen LogP contribution >= 0.6 is 11.8 Å². The SMILES string of the molecule is CSC(C)C(=O)N1CCC(N(C)C(C)=O)CC1. The van der Waals surface area contributed by atoms with E-state index in [1.54, 1.807) is 23.6 Å². The molecule has 0 spiro atoms. The maximum Gasteiger partial charge on any atom is 0.235 e. The summed E-state index contributed by atoms with van der Waals surface area (Å²) in [6.45, 7) is 5.08. The van der Waals surface area contributed by atoms with Gasteiger partial charge < -0.3 is 9.80 Å². The van der Waals surface area contributed by atoms with Crippen molar-refractivity contribution in [3.05, 3.63) is 0 Å². The van der Waals surface area contributed by atoms with Gasteiger partial charge in [0.05, 0.1) is 5.25 Å². The zero-order valence-electron chi connectivity index (χ0n) is 11.1. The van der Waals surface area contributed by atoms with Crippen molar-refractivity contribution < 1.29 is 9.59 Å². The molecule has 17 heavy (non-hydrogen) atoms. The first-order valence-corrected chi connectivity index (χ1v) is 7.31. The van der Waals surface area contributed by atoms with Crippen molar-refractivity contribution in [1.29, 1.82) is 0 Å². The lowest BCUT2D eigenvalue weighted by Gasteiger charge is -2.37. The van der Waals surface area contributed by atoms with Gasteiger partial charge in [-0.3, -0.25) is 9.59 Å². The zero-order valence-corrected chi connectivity index (χ0v) is 11.9. The van der Waals surface area contributed by atoms with E-state index in [9.17, 15) is 9.59 Å². The third kappa shape index (κ3) is 3.63. The van der Waals surface area contributed by atoms with Crippen molar-refractivity contribution in [3.63, 3.8) is 0 Å². The van der Waals surface area contributed by atoms with Crippen molar-refractivity contribution in [2.24, 2.45) is 0 Å². The van der Waals surface area contributed by atoms with Crippen molar-refractivity contribution in [3.8, 4) is 0 Å². The number of nitrogens with zero attached hydrogens (tertiary/aromatic N) is 2. The van der Waals surface area contributed by atoms with Crippen LogP contribution in [-0.4, -0.2) is 59.3 Å². The maximum atomic E-state index is 12.0. The van der Waals surface area contributed by atoms with E-state index in [1.165, 1.54) is 0 Å². The van der Waals surface area contributed by atoms with Crippen LogP contribution in [0.15, 0.2) is 0 Å². The Morgan fingerprint density at radius 3 is 2.29 bits per heavy atom. The monoisotopic (exact) mass is 258 g/mol. The summed E-state index contributed by atoms with van der Waals surface area (Å²) < 4.78 is 0. The summed E-state index contributed by atoms with van der Waals surface area (Å²) in [7, 11) is 1.84. The second kappa shape index (κ2) is 6.28. The van der Waals surface area contributed by atoms with Gasteiger partial charge >= 0.3 is 0 Å². The Morgan fingerprint density at radius 2 is 1.88 bits per heavy atom. The normalized spacial score (nSPS) is 18.9. The van der Waals surface area contributed by atoms with Crippen LogP contribution in [0.1, 0.15) is 26.7 Å². The fourth-order valence-corrected chi connectivity index (χ4v) is 2.44. The van der Waals surface area contributed by atoms with E-state index in [-0.39, 0.29) is 17.1 Å². The highest BCUT2D eigenvalue weighted by molar-refractivity contribution is 7.99. The highest BCUT2D eigenvalue weighted by Crippen LogP contribution is 2.18. The molecule has 0 radical (unpaired) electrons. The topological polar surface area (TPSA) is 40.6 Å². The van der Waals surface area contributed by atoms with Crippen molar-refractivity contribution >= 4 is 23.6 Å². The standard InChI is InChI=1S/C12H22N2O2S/c1-9(17-4)12(16)14-7-5-11(6-8-14)13(3)10(2)15/h9,11H,5-8H2,1-4H3.